The van der Waals surface area contributed by atoms with Crippen LogP contribution in [0.5, 0.6) is 0 Å². The molecular formula is C20H17F3N2O4S. The normalized spacial score (nSPS) is 12.0. The van der Waals surface area contributed by atoms with E-state index in [1.165, 1.54) is 30.3 Å². The second kappa shape index (κ2) is 7.94. The number of sulfonamides is 1. The van der Waals surface area contributed by atoms with E-state index >= 15 is 0 Å². The average Bonchev–Trinajstić information content (AvgIpc) is 2.67. The first kappa shape index (κ1) is 21.6. The number of nitrogens with zero attached hydrogens (tertiary/aromatic N) is 1. The molecule has 6 nitrogen and oxygen atoms in total. The van der Waals surface area contributed by atoms with Crippen molar-refractivity contribution in [2.75, 3.05) is 11.3 Å². The number of anilines is 1. The molecule has 0 radical (unpaired) electrons. The van der Waals surface area contributed by atoms with Gasteiger partial charge in [-0.3, -0.25) is 4.72 Å². The summed E-state index contributed by atoms with van der Waals surface area (Å²) in [5.74, 6) is -0.688. The number of nitrogens with one attached hydrogen (secondary N) is 1. The fraction of sp³-hybridized carbons (Fsp3) is 0.200. The van der Waals surface area contributed by atoms with E-state index in [0.717, 1.165) is 5.56 Å². The van der Waals surface area contributed by atoms with Gasteiger partial charge in [0.15, 0.2) is 0 Å². The molecule has 158 valence electrons. The molecule has 0 spiro atoms. The van der Waals surface area contributed by atoms with E-state index in [1.807, 2.05) is 0 Å². The summed E-state index contributed by atoms with van der Waals surface area (Å²) in [6.07, 6.45) is -4.79. The molecule has 0 aliphatic heterocycles. The molecular weight excluding hydrogens is 421 g/mol. The molecule has 0 fully saturated rings. The second-order valence-corrected chi connectivity index (χ2v) is 8.11. The van der Waals surface area contributed by atoms with Crippen molar-refractivity contribution in [2.45, 2.75) is 24.9 Å². The lowest BCUT2D eigenvalue weighted by atomic mass is 10.1. The van der Waals surface area contributed by atoms with Gasteiger partial charge in [0.2, 0.25) is 0 Å². The molecule has 0 atom stereocenters. The van der Waals surface area contributed by atoms with Crippen molar-refractivity contribution >= 4 is 32.6 Å². The number of halogens is 3. The minimum Gasteiger partial charge on any atom is -0.462 e. The van der Waals surface area contributed by atoms with Gasteiger partial charge in [-0.25, -0.2) is 18.2 Å². The summed E-state index contributed by atoms with van der Waals surface area (Å²) in [6.45, 7) is 3.49. The van der Waals surface area contributed by atoms with Crippen LogP contribution in [-0.2, 0) is 20.9 Å². The van der Waals surface area contributed by atoms with Crippen LogP contribution in [0.2, 0.25) is 0 Å². The number of aromatic nitrogens is 1. The zero-order valence-electron chi connectivity index (χ0n) is 15.9. The first-order valence-corrected chi connectivity index (χ1v) is 10.3. The Labute approximate surface area is 170 Å². The monoisotopic (exact) mass is 438 g/mol. The van der Waals surface area contributed by atoms with E-state index in [0.29, 0.717) is 6.07 Å². The maximum atomic E-state index is 13.3. The number of alkyl halides is 3. The molecule has 1 aromatic heterocycles. The van der Waals surface area contributed by atoms with Gasteiger partial charge in [0.25, 0.3) is 10.0 Å². The summed E-state index contributed by atoms with van der Waals surface area (Å²) in [6, 6.07) is 10.1. The zero-order valence-corrected chi connectivity index (χ0v) is 16.8. The number of aryl methyl sites for hydroxylation is 1. The lowest BCUT2D eigenvalue weighted by Crippen LogP contribution is -2.16. The Morgan fingerprint density at radius 2 is 1.77 bits per heavy atom. The largest absolute Gasteiger partial charge is 0.462 e. The molecule has 10 heteroatoms. The topological polar surface area (TPSA) is 85.4 Å². The molecule has 0 saturated carbocycles. The summed E-state index contributed by atoms with van der Waals surface area (Å²) in [7, 11) is -4.19. The average molecular weight is 438 g/mol. The van der Waals surface area contributed by atoms with Crippen LogP contribution < -0.4 is 4.72 Å². The van der Waals surface area contributed by atoms with Crippen LogP contribution in [0.4, 0.5) is 18.9 Å². The number of hydrogen-bond donors (Lipinski definition) is 1. The SMILES string of the molecule is CCOC(=O)c1ccc2nc(C(F)(F)F)cc(NS(=O)(=O)c3ccc(C)cc3)c2c1. The van der Waals surface area contributed by atoms with Crippen LogP contribution in [0.25, 0.3) is 10.9 Å². The van der Waals surface area contributed by atoms with E-state index in [-0.39, 0.29) is 33.7 Å². The van der Waals surface area contributed by atoms with Crippen LogP contribution in [0.1, 0.15) is 28.5 Å². The molecule has 0 unspecified atom stereocenters. The van der Waals surface area contributed by atoms with Crippen LogP contribution in [0, 0.1) is 6.92 Å². The summed E-state index contributed by atoms with van der Waals surface area (Å²) in [4.78, 5) is 15.4. The van der Waals surface area contributed by atoms with E-state index in [2.05, 4.69) is 9.71 Å². The number of carbonyl (C=O) groups is 1. The van der Waals surface area contributed by atoms with Crippen LogP contribution in [0.15, 0.2) is 53.4 Å². The van der Waals surface area contributed by atoms with Gasteiger partial charge in [0.05, 0.1) is 28.3 Å². The maximum Gasteiger partial charge on any atom is 0.433 e. The zero-order chi connectivity index (χ0) is 22.1. The Hall–Kier alpha value is -3.14. The number of fused-ring (bicyclic) bond motifs is 1. The van der Waals surface area contributed by atoms with Gasteiger partial charge in [0, 0.05) is 5.39 Å². The molecule has 1 N–H and O–H groups in total. The van der Waals surface area contributed by atoms with Gasteiger partial charge in [-0.2, -0.15) is 13.2 Å². The third-order valence-electron chi connectivity index (χ3n) is 4.19. The van der Waals surface area contributed by atoms with Crippen molar-refractivity contribution in [3.63, 3.8) is 0 Å². The number of ether oxygens (including phenoxy) is 1. The van der Waals surface area contributed by atoms with Gasteiger partial charge in [-0.15, -0.1) is 0 Å². The molecule has 2 aromatic carbocycles. The van der Waals surface area contributed by atoms with E-state index in [9.17, 15) is 26.4 Å². The third kappa shape index (κ3) is 4.54. The molecule has 3 rings (SSSR count). The Morgan fingerprint density at radius 3 is 2.37 bits per heavy atom. The maximum absolute atomic E-state index is 13.3. The highest BCUT2D eigenvalue weighted by Gasteiger charge is 2.34. The molecule has 0 bridgehead atoms. The predicted octanol–water partition coefficient (Wildman–Crippen LogP) is 4.54. The van der Waals surface area contributed by atoms with Crippen molar-refractivity contribution < 1.29 is 31.1 Å². The molecule has 3 aromatic rings. The van der Waals surface area contributed by atoms with Gasteiger partial charge >= 0.3 is 12.1 Å². The standard InChI is InChI=1S/C20H17F3N2O4S/c1-3-29-19(26)13-6-9-16-15(10-13)17(11-18(24-16)20(21,22)23)25-30(27,28)14-7-4-12(2)5-8-14/h4-11H,3H2,1-2H3,(H,24,25). The third-order valence-corrected chi connectivity index (χ3v) is 5.57. The molecule has 1 heterocycles. The van der Waals surface area contributed by atoms with E-state index in [4.69, 9.17) is 4.74 Å². The van der Waals surface area contributed by atoms with E-state index in [1.54, 1.807) is 26.0 Å². The molecule has 0 aliphatic rings. The van der Waals surface area contributed by atoms with Crippen molar-refractivity contribution in [1.29, 1.82) is 0 Å². The minimum atomic E-state index is -4.79. The van der Waals surface area contributed by atoms with Crippen LogP contribution >= 0.6 is 0 Å². The van der Waals surface area contributed by atoms with Gasteiger partial charge < -0.3 is 4.74 Å². The summed E-state index contributed by atoms with van der Waals surface area (Å²) in [5, 5.41) is 0.0317. The van der Waals surface area contributed by atoms with Gasteiger partial charge in [-0.05, 0) is 50.2 Å². The molecule has 30 heavy (non-hydrogen) atoms. The van der Waals surface area contributed by atoms with Crippen molar-refractivity contribution in [3.05, 3.63) is 65.4 Å². The van der Waals surface area contributed by atoms with Crippen molar-refractivity contribution in [2.24, 2.45) is 0 Å². The van der Waals surface area contributed by atoms with Crippen molar-refractivity contribution in [1.82, 2.24) is 4.98 Å². The van der Waals surface area contributed by atoms with Gasteiger partial charge in [0.1, 0.15) is 5.69 Å². The number of rotatable bonds is 5. The summed E-state index contributed by atoms with van der Waals surface area (Å²) >= 11 is 0. The Bertz CT molecular complexity index is 1210. The van der Waals surface area contributed by atoms with Gasteiger partial charge in [-0.1, -0.05) is 17.7 Å². The number of carbonyl (C=O) groups excluding carboxylic acids is 1. The number of hydrogen-bond acceptors (Lipinski definition) is 5. The fourth-order valence-electron chi connectivity index (χ4n) is 2.72. The Kier molecular flexibility index (Phi) is 5.71. The minimum absolute atomic E-state index is 0.0317. The number of benzene rings is 2. The summed E-state index contributed by atoms with van der Waals surface area (Å²) in [5.41, 5.74) is -0.859. The predicted molar refractivity (Wildman–Crippen MR) is 105 cm³/mol. The highest BCUT2D eigenvalue weighted by atomic mass is 32.2. The Balaban J connectivity index is 2.17. The highest BCUT2D eigenvalue weighted by molar-refractivity contribution is 7.92. The molecule has 0 saturated heterocycles. The number of esters is 1. The highest BCUT2D eigenvalue weighted by Crippen LogP contribution is 2.34. The fourth-order valence-corrected chi connectivity index (χ4v) is 3.79. The lowest BCUT2D eigenvalue weighted by Gasteiger charge is -2.15. The summed E-state index contributed by atoms with van der Waals surface area (Å²) < 4.78 is 72.4. The smallest absolute Gasteiger partial charge is 0.433 e. The Morgan fingerprint density at radius 1 is 1.10 bits per heavy atom. The first-order chi connectivity index (χ1) is 14.0. The first-order valence-electron chi connectivity index (χ1n) is 8.80. The number of pyridine rings is 1. The van der Waals surface area contributed by atoms with Crippen LogP contribution in [-0.4, -0.2) is 26.0 Å². The lowest BCUT2D eigenvalue weighted by molar-refractivity contribution is -0.140. The van der Waals surface area contributed by atoms with Crippen LogP contribution in [0.3, 0.4) is 0 Å². The molecule has 0 amide bonds. The van der Waals surface area contributed by atoms with E-state index < -0.39 is 27.9 Å². The van der Waals surface area contributed by atoms with Crippen molar-refractivity contribution in [3.8, 4) is 0 Å². The quantitative estimate of drug-likeness (QED) is 0.591. The second-order valence-electron chi connectivity index (χ2n) is 6.42. The molecule has 0 aliphatic carbocycles.